The van der Waals surface area contributed by atoms with E-state index in [1.54, 1.807) is 6.92 Å². The second kappa shape index (κ2) is 23.1. The molecule has 422 valence electrons. The van der Waals surface area contributed by atoms with Crippen LogP contribution >= 0.6 is 0 Å². The first kappa shape index (κ1) is 57.8. The zero-order chi connectivity index (χ0) is 54.5. The predicted molar refractivity (Wildman–Crippen MR) is 260 cm³/mol. The number of ether oxygens (including phenoxy) is 10. The van der Waals surface area contributed by atoms with E-state index < -0.39 is 135 Å². The summed E-state index contributed by atoms with van der Waals surface area (Å²) in [6, 6.07) is 4.26. The molecule has 8 rings (SSSR count). The number of benzene rings is 1. The molecule has 3 saturated carbocycles. The van der Waals surface area contributed by atoms with Gasteiger partial charge < -0.3 is 88.2 Å². The van der Waals surface area contributed by atoms with E-state index in [0.29, 0.717) is 44.3 Å². The van der Waals surface area contributed by atoms with Crippen molar-refractivity contribution in [1.82, 2.24) is 0 Å². The number of Topliss-reactive ketones (excluding diaryl/α,β-unsaturated/α-hetero) is 1. The van der Waals surface area contributed by atoms with Crippen molar-refractivity contribution in [3.8, 4) is 11.5 Å². The van der Waals surface area contributed by atoms with Crippen molar-refractivity contribution in [3.05, 3.63) is 35.4 Å². The van der Waals surface area contributed by atoms with Gasteiger partial charge in [0.1, 0.15) is 60.2 Å². The number of aliphatic hydroxyl groups excluding tert-OH is 7. The van der Waals surface area contributed by atoms with Crippen LogP contribution in [-0.2, 0) is 47.5 Å². The smallest absolute Gasteiger partial charge is 0.338 e. The van der Waals surface area contributed by atoms with Crippen molar-refractivity contribution < 1.29 is 103 Å². The van der Waals surface area contributed by atoms with Crippen molar-refractivity contribution in [2.45, 2.75) is 197 Å². The number of aliphatic hydroxyl groups is 8. The largest absolute Gasteiger partial charge is 0.493 e. The van der Waals surface area contributed by atoms with E-state index in [9.17, 15) is 55.2 Å². The Morgan fingerprint density at radius 3 is 2.13 bits per heavy atom. The van der Waals surface area contributed by atoms with Gasteiger partial charge in [-0.25, -0.2) is 4.79 Å². The van der Waals surface area contributed by atoms with E-state index in [2.05, 4.69) is 13.0 Å². The Hall–Kier alpha value is -3.39. The molecule has 75 heavy (non-hydrogen) atoms. The molecule has 8 N–H and O–H groups in total. The molecule has 4 aliphatic carbocycles. The fraction of sp³-hybridized carbons (Fsp3) is 0.796. The molecular formula is C54H80O21. The maximum atomic E-state index is 14.4. The summed E-state index contributed by atoms with van der Waals surface area (Å²) in [5, 5.41) is 88.4. The molecule has 22 atom stereocenters. The Morgan fingerprint density at radius 2 is 1.47 bits per heavy atom. The summed E-state index contributed by atoms with van der Waals surface area (Å²) in [7, 11) is 2.82. The average Bonchev–Trinajstić information content (AvgIpc) is 3.71. The Balaban J connectivity index is 1.05. The first-order valence-electron chi connectivity index (χ1n) is 26.6. The number of hydrogen-bond acceptors (Lipinski definition) is 21. The van der Waals surface area contributed by atoms with E-state index in [1.807, 2.05) is 20.8 Å². The normalized spacial score (nSPS) is 43.1. The summed E-state index contributed by atoms with van der Waals surface area (Å²) in [6.07, 6.45) is -13.8. The van der Waals surface area contributed by atoms with E-state index in [-0.39, 0.29) is 58.7 Å². The number of carbonyl (C=O) groups excluding carboxylic acids is 3. The fourth-order valence-corrected chi connectivity index (χ4v) is 13.8. The highest BCUT2D eigenvalue weighted by atomic mass is 16.8. The van der Waals surface area contributed by atoms with Crippen LogP contribution in [-0.4, -0.2) is 190 Å². The quantitative estimate of drug-likeness (QED) is 0.0816. The minimum atomic E-state index is -1.77. The number of allylic oxidation sites excluding steroid dienone is 1. The van der Waals surface area contributed by atoms with Crippen molar-refractivity contribution in [2.24, 2.45) is 40.4 Å². The summed E-state index contributed by atoms with van der Waals surface area (Å²) >= 11 is 0. The summed E-state index contributed by atoms with van der Waals surface area (Å²) < 4.78 is 59.4. The van der Waals surface area contributed by atoms with Crippen LogP contribution in [0.3, 0.4) is 0 Å². The number of methoxy groups -OCH3 is 2. The van der Waals surface area contributed by atoms with Gasteiger partial charge in [0.15, 0.2) is 42.6 Å². The van der Waals surface area contributed by atoms with Gasteiger partial charge in [-0.3, -0.25) is 9.59 Å². The Morgan fingerprint density at radius 1 is 0.773 bits per heavy atom. The van der Waals surface area contributed by atoms with Crippen LogP contribution in [0.1, 0.15) is 110 Å². The first-order valence-corrected chi connectivity index (χ1v) is 26.6. The molecule has 21 heteroatoms. The highest BCUT2D eigenvalue weighted by Gasteiger charge is 2.71. The molecule has 7 aliphatic rings. The predicted octanol–water partition coefficient (Wildman–Crippen LogP) is 1.86. The molecule has 0 amide bonds. The molecule has 0 spiro atoms. The maximum absolute atomic E-state index is 14.4. The van der Waals surface area contributed by atoms with Gasteiger partial charge >= 0.3 is 11.9 Å². The average molecular weight is 1070 g/mol. The van der Waals surface area contributed by atoms with Crippen molar-refractivity contribution in [3.63, 3.8) is 0 Å². The second-order valence-electron chi connectivity index (χ2n) is 22.9. The minimum absolute atomic E-state index is 0.00322. The van der Waals surface area contributed by atoms with Gasteiger partial charge in [-0.2, -0.15) is 0 Å². The number of fused-ring (bicyclic) bond motifs is 5. The molecule has 3 aliphatic heterocycles. The van der Waals surface area contributed by atoms with E-state index in [0.717, 1.165) is 19.8 Å². The fourth-order valence-electron chi connectivity index (χ4n) is 13.8. The standard InChI is InChI=1S/C54H80O21/c1-25(2)9-13-34(57)26(3)54(65)40(21-33-31-12-11-29-20-30(15-17-52(29,5)32(31)16-18-53(33,54)6)71-49-44(63)43(62)42(61)39(22-55)72-49)73-51-47(70-27(4)56)45(36(59)24-69-51)75-50-46(41(60)35(58)23-68-50)74-48(64)28-10-14-37(66-7)38(19-28)67-8/h10-11,14,19,25-26,30-33,35-36,39-47,49-51,55,58-63,65H,9,12-13,15-18,20-24H2,1-8H3. The van der Waals surface area contributed by atoms with Crippen LogP contribution in [0.25, 0.3) is 0 Å². The molecule has 0 bridgehead atoms. The molecule has 0 radical (unpaired) electrons. The molecule has 0 aromatic heterocycles. The van der Waals surface area contributed by atoms with E-state index in [1.165, 1.54) is 38.0 Å². The molecule has 3 heterocycles. The molecule has 21 nitrogen and oxygen atoms in total. The van der Waals surface area contributed by atoms with Crippen molar-refractivity contribution >= 4 is 17.7 Å². The SMILES string of the molecule is COc1ccc(C(=O)OC2C(OC3C(O)COC(OC4CC5C6CC=C7CC(OC8OC(CO)C(O)C(O)C8O)CCC7(C)C6CCC5(C)C4(O)C(C)C(=O)CCC(C)C)C3OC(C)=O)OCC(O)C2O)cc1OC. The number of hydrogen-bond donors (Lipinski definition) is 8. The number of rotatable bonds is 17. The molecule has 6 fully saturated rings. The van der Waals surface area contributed by atoms with Gasteiger partial charge in [-0.15, -0.1) is 0 Å². The highest BCUT2D eigenvalue weighted by Crippen LogP contribution is 2.69. The van der Waals surface area contributed by atoms with Crippen LogP contribution in [0, 0.1) is 40.4 Å². The maximum Gasteiger partial charge on any atom is 0.338 e. The zero-order valence-electron chi connectivity index (χ0n) is 44.2. The lowest BCUT2D eigenvalue weighted by molar-refractivity contribution is -0.345. The molecule has 22 unspecified atom stereocenters. The second-order valence-corrected chi connectivity index (χ2v) is 22.9. The van der Waals surface area contributed by atoms with Gasteiger partial charge in [-0.05, 0) is 98.7 Å². The Kier molecular flexibility index (Phi) is 17.8. The third kappa shape index (κ3) is 10.9. The van der Waals surface area contributed by atoms with Gasteiger partial charge in [0.25, 0.3) is 0 Å². The van der Waals surface area contributed by atoms with E-state index in [4.69, 9.17) is 47.4 Å². The van der Waals surface area contributed by atoms with Crippen molar-refractivity contribution in [1.29, 1.82) is 0 Å². The lowest BCUT2D eigenvalue weighted by Crippen LogP contribution is -2.64. The van der Waals surface area contributed by atoms with Crippen LogP contribution in [0.5, 0.6) is 11.5 Å². The summed E-state index contributed by atoms with van der Waals surface area (Å²) in [5.74, 6) is -1.98. The van der Waals surface area contributed by atoms with Crippen LogP contribution in [0.2, 0.25) is 0 Å². The van der Waals surface area contributed by atoms with Gasteiger partial charge in [-0.1, -0.05) is 46.3 Å². The number of esters is 2. The lowest BCUT2D eigenvalue weighted by atomic mass is 9.46. The topological polar surface area (TPSA) is 305 Å². The number of carbonyl (C=O) groups is 3. The molecule has 3 saturated heterocycles. The van der Waals surface area contributed by atoms with E-state index >= 15 is 0 Å². The third-order valence-corrected chi connectivity index (χ3v) is 18.2. The number of ketones is 1. The zero-order valence-corrected chi connectivity index (χ0v) is 44.2. The summed E-state index contributed by atoms with van der Waals surface area (Å²) in [5.41, 5.74) is -1.72. The molecular weight excluding hydrogens is 985 g/mol. The highest BCUT2D eigenvalue weighted by molar-refractivity contribution is 5.90. The van der Waals surface area contributed by atoms with Gasteiger partial charge in [0.2, 0.25) is 0 Å². The van der Waals surface area contributed by atoms with Crippen molar-refractivity contribution in [2.75, 3.05) is 34.0 Å². The monoisotopic (exact) mass is 1060 g/mol. The summed E-state index contributed by atoms with van der Waals surface area (Å²) in [6.45, 7) is 9.82. The summed E-state index contributed by atoms with van der Waals surface area (Å²) in [4.78, 5) is 40.9. The van der Waals surface area contributed by atoms with Gasteiger partial charge in [0, 0.05) is 24.7 Å². The Bertz CT molecular complexity index is 2210. The molecule has 1 aromatic carbocycles. The first-order chi connectivity index (χ1) is 35.5. The van der Waals surface area contributed by atoms with Gasteiger partial charge in [0.05, 0.1) is 51.8 Å². The van der Waals surface area contributed by atoms with Crippen LogP contribution < -0.4 is 9.47 Å². The van der Waals surface area contributed by atoms with Crippen LogP contribution in [0.4, 0.5) is 0 Å². The molecule has 1 aromatic rings. The lowest BCUT2D eigenvalue weighted by Gasteiger charge is -2.59. The third-order valence-electron chi connectivity index (χ3n) is 18.2. The van der Waals surface area contributed by atoms with Crippen LogP contribution in [0.15, 0.2) is 29.8 Å². The Labute approximate surface area is 437 Å². The minimum Gasteiger partial charge on any atom is -0.493 e.